The van der Waals surface area contributed by atoms with Crippen molar-refractivity contribution in [2.75, 3.05) is 11.5 Å². The van der Waals surface area contributed by atoms with E-state index in [-0.39, 0.29) is 0 Å². The van der Waals surface area contributed by atoms with Crippen molar-refractivity contribution in [1.29, 1.82) is 0 Å². The molecule has 0 aromatic carbocycles. The summed E-state index contributed by atoms with van der Waals surface area (Å²) in [6, 6.07) is 2.16. The number of nitrogens with zero attached hydrogens (tertiary/aromatic N) is 2. The van der Waals surface area contributed by atoms with Crippen LogP contribution >= 0.6 is 11.8 Å². The molecular weight excluding hydrogens is 216 g/mol. The lowest BCUT2D eigenvalue weighted by atomic mass is 10.3. The van der Waals surface area contributed by atoms with Gasteiger partial charge in [-0.3, -0.25) is 4.68 Å². The lowest BCUT2D eigenvalue weighted by molar-refractivity contribution is 0.724. The number of hydrogen-bond donors (Lipinski definition) is 0. The second-order valence-corrected chi connectivity index (χ2v) is 4.24. The number of hydrogen-bond acceptors (Lipinski definition) is 2. The number of aromatic nitrogens is 2. The first kappa shape index (κ1) is 17.9. The van der Waals surface area contributed by atoms with Crippen LogP contribution in [0, 0.1) is 6.92 Å². The summed E-state index contributed by atoms with van der Waals surface area (Å²) in [5.74, 6) is 2.39. The standard InChI is InChI=1S/C9H16N2S.2C2H6/c1-4-12-6-5-9-7-8(2)11(3)10-9;2*1-2/h7H,4-6H2,1-3H3;2*1-2H3. The van der Waals surface area contributed by atoms with Crippen LogP contribution in [0.2, 0.25) is 0 Å². The zero-order valence-corrected chi connectivity index (χ0v) is 12.8. The Labute approximate surface area is 106 Å². The van der Waals surface area contributed by atoms with E-state index in [0.717, 1.165) is 6.42 Å². The third kappa shape index (κ3) is 7.80. The Morgan fingerprint density at radius 1 is 1.25 bits per heavy atom. The normalized spacial score (nSPS) is 8.69. The van der Waals surface area contributed by atoms with Crippen LogP contribution in [0.4, 0.5) is 0 Å². The molecule has 1 aromatic heterocycles. The lowest BCUT2D eigenvalue weighted by Gasteiger charge is -1.94. The Balaban J connectivity index is 0. The first-order valence-corrected chi connectivity index (χ1v) is 7.46. The molecule has 3 heteroatoms. The van der Waals surface area contributed by atoms with Crippen LogP contribution in [0.15, 0.2) is 6.07 Å². The van der Waals surface area contributed by atoms with Crippen LogP contribution in [-0.4, -0.2) is 21.3 Å². The number of aryl methyl sites for hydroxylation is 3. The average Bonchev–Trinajstić information content (AvgIpc) is 2.64. The van der Waals surface area contributed by atoms with Crippen molar-refractivity contribution in [1.82, 2.24) is 9.78 Å². The molecule has 0 bridgehead atoms. The second-order valence-electron chi connectivity index (χ2n) is 2.85. The predicted molar refractivity (Wildman–Crippen MR) is 77.3 cm³/mol. The fourth-order valence-electron chi connectivity index (χ4n) is 1.08. The molecule has 2 nitrogen and oxygen atoms in total. The molecule has 0 N–H and O–H groups in total. The van der Waals surface area contributed by atoms with E-state index < -0.39 is 0 Å². The van der Waals surface area contributed by atoms with Gasteiger partial charge in [0, 0.05) is 19.2 Å². The molecule has 0 unspecified atom stereocenters. The van der Waals surface area contributed by atoms with Crippen molar-refractivity contribution in [3.63, 3.8) is 0 Å². The Bertz CT molecular complexity index is 225. The van der Waals surface area contributed by atoms with Gasteiger partial charge in [0.25, 0.3) is 0 Å². The first-order chi connectivity index (χ1) is 7.74. The van der Waals surface area contributed by atoms with E-state index in [1.165, 1.54) is 22.9 Å². The molecule has 0 fully saturated rings. The average molecular weight is 244 g/mol. The molecule has 1 aromatic rings. The highest BCUT2D eigenvalue weighted by Gasteiger charge is 1.99. The first-order valence-electron chi connectivity index (χ1n) is 6.31. The summed E-state index contributed by atoms with van der Waals surface area (Å²) in [7, 11) is 1.99. The van der Waals surface area contributed by atoms with Crippen LogP contribution in [0.25, 0.3) is 0 Å². The smallest absolute Gasteiger partial charge is 0.0635 e. The summed E-state index contributed by atoms with van der Waals surface area (Å²) in [5.41, 5.74) is 2.46. The maximum atomic E-state index is 4.39. The van der Waals surface area contributed by atoms with Gasteiger partial charge in [-0.15, -0.1) is 0 Å². The van der Waals surface area contributed by atoms with Crippen LogP contribution in [-0.2, 0) is 13.5 Å². The third-order valence-electron chi connectivity index (χ3n) is 1.87. The Kier molecular flexibility index (Phi) is 14.2. The molecule has 0 aliphatic carbocycles. The minimum Gasteiger partial charge on any atom is -0.273 e. The SMILES string of the molecule is CC.CC.CCSCCc1cc(C)n(C)n1. The summed E-state index contributed by atoms with van der Waals surface area (Å²) in [6.45, 7) is 12.3. The molecule has 1 heterocycles. The van der Waals surface area contributed by atoms with Crippen molar-refractivity contribution in [3.8, 4) is 0 Å². The van der Waals surface area contributed by atoms with Gasteiger partial charge in [-0.25, -0.2) is 0 Å². The van der Waals surface area contributed by atoms with E-state index in [2.05, 4.69) is 25.0 Å². The Hall–Kier alpha value is -0.440. The van der Waals surface area contributed by atoms with Gasteiger partial charge in [0.2, 0.25) is 0 Å². The number of rotatable bonds is 4. The Morgan fingerprint density at radius 2 is 1.81 bits per heavy atom. The van der Waals surface area contributed by atoms with Crippen LogP contribution < -0.4 is 0 Å². The maximum Gasteiger partial charge on any atom is 0.0635 e. The zero-order chi connectivity index (χ0) is 13.0. The van der Waals surface area contributed by atoms with E-state index in [9.17, 15) is 0 Å². The molecule has 0 radical (unpaired) electrons. The van der Waals surface area contributed by atoms with Crippen LogP contribution in [0.1, 0.15) is 46.0 Å². The van der Waals surface area contributed by atoms with Gasteiger partial charge >= 0.3 is 0 Å². The van der Waals surface area contributed by atoms with Crippen molar-refractivity contribution >= 4 is 11.8 Å². The quantitative estimate of drug-likeness (QED) is 0.743. The molecule has 0 amide bonds. The van der Waals surface area contributed by atoms with Crippen molar-refractivity contribution in [2.45, 2.75) is 48.0 Å². The molecule has 96 valence electrons. The molecule has 0 aliphatic rings. The fourth-order valence-corrected chi connectivity index (χ4v) is 1.72. The highest BCUT2D eigenvalue weighted by Crippen LogP contribution is 2.06. The lowest BCUT2D eigenvalue weighted by Crippen LogP contribution is -1.95. The van der Waals surface area contributed by atoms with Gasteiger partial charge in [0.15, 0.2) is 0 Å². The van der Waals surface area contributed by atoms with Gasteiger partial charge in [-0.2, -0.15) is 16.9 Å². The van der Waals surface area contributed by atoms with Crippen molar-refractivity contribution < 1.29 is 0 Å². The summed E-state index contributed by atoms with van der Waals surface area (Å²) >= 11 is 1.97. The highest BCUT2D eigenvalue weighted by atomic mass is 32.2. The van der Waals surface area contributed by atoms with Gasteiger partial charge in [-0.1, -0.05) is 34.6 Å². The van der Waals surface area contributed by atoms with Gasteiger partial charge in [-0.05, 0) is 24.5 Å². The van der Waals surface area contributed by atoms with E-state index >= 15 is 0 Å². The molecule has 0 atom stereocenters. The molecule has 0 aliphatic heterocycles. The molecule has 0 saturated heterocycles. The van der Waals surface area contributed by atoms with Crippen LogP contribution in [0.5, 0.6) is 0 Å². The summed E-state index contributed by atoms with van der Waals surface area (Å²) in [5, 5.41) is 4.39. The van der Waals surface area contributed by atoms with Gasteiger partial charge in [0.1, 0.15) is 0 Å². The summed E-state index contributed by atoms with van der Waals surface area (Å²) < 4.78 is 1.94. The monoisotopic (exact) mass is 244 g/mol. The Morgan fingerprint density at radius 3 is 2.19 bits per heavy atom. The predicted octanol–water partition coefficient (Wildman–Crippen LogP) is 4.08. The molecule has 1 rings (SSSR count). The second kappa shape index (κ2) is 12.6. The molecule has 0 spiro atoms. The minimum absolute atomic E-state index is 1.10. The largest absolute Gasteiger partial charge is 0.273 e. The number of thioether (sulfide) groups is 1. The molecule has 16 heavy (non-hydrogen) atoms. The topological polar surface area (TPSA) is 17.8 Å². The van der Waals surface area contributed by atoms with Crippen molar-refractivity contribution in [2.24, 2.45) is 7.05 Å². The third-order valence-corrected chi connectivity index (χ3v) is 2.77. The summed E-state index contributed by atoms with van der Waals surface area (Å²) in [4.78, 5) is 0. The van der Waals surface area contributed by atoms with Crippen LogP contribution in [0.3, 0.4) is 0 Å². The summed E-state index contributed by atoms with van der Waals surface area (Å²) in [6.07, 6.45) is 1.10. The van der Waals surface area contributed by atoms with E-state index in [4.69, 9.17) is 0 Å². The van der Waals surface area contributed by atoms with Gasteiger partial charge in [0.05, 0.1) is 5.69 Å². The van der Waals surface area contributed by atoms with Crippen molar-refractivity contribution in [3.05, 3.63) is 17.5 Å². The molecular formula is C13H28N2S. The highest BCUT2D eigenvalue weighted by molar-refractivity contribution is 7.99. The fraction of sp³-hybridized carbons (Fsp3) is 0.769. The zero-order valence-electron chi connectivity index (χ0n) is 12.0. The van der Waals surface area contributed by atoms with E-state index in [0.29, 0.717) is 0 Å². The minimum atomic E-state index is 1.10. The van der Waals surface area contributed by atoms with E-state index in [1.807, 2.05) is 51.2 Å². The maximum absolute atomic E-state index is 4.39. The van der Waals surface area contributed by atoms with Gasteiger partial charge < -0.3 is 0 Å². The van der Waals surface area contributed by atoms with E-state index in [1.54, 1.807) is 0 Å². The molecule has 0 saturated carbocycles.